The molecule has 16 heavy (non-hydrogen) atoms. The molecule has 0 unspecified atom stereocenters. The summed E-state index contributed by atoms with van der Waals surface area (Å²) in [5.74, 6) is 0.120. The van der Waals surface area contributed by atoms with E-state index in [2.05, 4.69) is 22.8 Å². The SMILES string of the molecule is CCNC(=O)Cc1cccc2c1CCNC2. The van der Waals surface area contributed by atoms with Crippen LogP contribution in [0.4, 0.5) is 0 Å². The first-order chi connectivity index (χ1) is 7.81. The molecule has 0 aliphatic carbocycles. The van der Waals surface area contributed by atoms with Crippen molar-refractivity contribution in [2.24, 2.45) is 0 Å². The fourth-order valence-electron chi connectivity index (χ4n) is 2.21. The van der Waals surface area contributed by atoms with Crippen LogP contribution in [-0.2, 0) is 24.2 Å². The number of rotatable bonds is 3. The Bertz CT molecular complexity index is 388. The summed E-state index contributed by atoms with van der Waals surface area (Å²) in [6.45, 7) is 4.59. The van der Waals surface area contributed by atoms with Gasteiger partial charge in [-0.05, 0) is 36.6 Å². The van der Waals surface area contributed by atoms with E-state index in [0.29, 0.717) is 13.0 Å². The molecular formula is C13H18N2O. The van der Waals surface area contributed by atoms with Crippen molar-refractivity contribution >= 4 is 5.91 Å². The van der Waals surface area contributed by atoms with Gasteiger partial charge in [0.2, 0.25) is 5.91 Å². The average Bonchev–Trinajstić information content (AvgIpc) is 2.30. The summed E-state index contributed by atoms with van der Waals surface area (Å²) in [4.78, 5) is 11.6. The lowest BCUT2D eigenvalue weighted by molar-refractivity contribution is -0.120. The van der Waals surface area contributed by atoms with E-state index >= 15 is 0 Å². The van der Waals surface area contributed by atoms with Crippen LogP contribution < -0.4 is 10.6 Å². The van der Waals surface area contributed by atoms with Crippen LogP contribution in [0.3, 0.4) is 0 Å². The molecule has 0 bridgehead atoms. The van der Waals surface area contributed by atoms with Gasteiger partial charge in [-0.2, -0.15) is 0 Å². The number of likely N-dealkylation sites (N-methyl/N-ethyl adjacent to an activating group) is 1. The molecule has 1 amide bonds. The molecule has 0 fully saturated rings. The largest absolute Gasteiger partial charge is 0.356 e. The second-order valence-electron chi connectivity index (χ2n) is 4.11. The van der Waals surface area contributed by atoms with Gasteiger partial charge in [0, 0.05) is 13.1 Å². The summed E-state index contributed by atoms with van der Waals surface area (Å²) in [5.41, 5.74) is 3.89. The first-order valence-corrected chi connectivity index (χ1v) is 5.88. The van der Waals surface area contributed by atoms with E-state index in [1.54, 1.807) is 0 Å². The Hall–Kier alpha value is -1.35. The van der Waals surface area contributed by atoms with E-state index < -0.39 is 0 Å². The van der Waals surface area contributed by atoms with E-state index in [1.807, 2.05) is 13.0 Å². The van der Waals surface area contributed by atoms with E-state index in [-0.39, 0.29) is 5.91 Å². The van der Waals surface area contributed by atoms with Gasteiger partial charge in [-0.15, -0.1) is 0 Å². The van der Waals surface area contributed by atoms with Gasteiger partial charge in [-0.1, -0.05) is 18.2 Å². The highest BCUT2D eigenvalue weighted by atomic mass is 16.1. The van der Waals surface area contributed by atoms with Crippen LogP contribution in [-0.4, -0.2) is 19.0 Å². The Balaban J connectivity index is 2.17. The molecule has 0 atom stereocenters. The minimum atomic E-state index is 0.120. The van der Waals surface area contributed by atoms with Crippen LogP contribution in [0.25, 0.3) is 0 Å². The Kier molecular flexibility index (Phi) is 3.57. The lowest BCUT2D eigenvalue weighted by atomic mass is 9.94. The normalized spacial score (nSPS) is 14.3. The molecule has 1 aromatic rings. The van der Waals surface area contributed by atoms with E-state index in [1.165, 1.54) is 16.7 Å². The molecule has 3 nitrogen and oxygen atoms in total. The summed E-state index contributed by atoms with van der Waals surface area (Å²) in [5, 5.41) is 6.19. The second-order valence-corrected chi connectivity index (χ2v) is 4.11. The number of amides is 1. The highest BCUT2D eigenvalue weighted by molar-refractivity contribution is 5.79. The van der Waals surface area contributed by atoms with Crippen molar-refractivity contribution in [3.63, 3.8) is 0 Å². The number of fused-ring (bicyclic) bond motifs is 1. The van der Waals surface area contributed by atoms with Crippen molar-refractivity contribution in [3.05, 3.63) is 34.9 Å². The number of benzene rings is 1. The maximum absolute atomic E-state index is 11.6. The van der Waals surface area contributed by atoms with Gasteiger partial charge in [-0.3, -0.25) is 4.79 Å². The molecule has 1 heterocycles. The molecule has 1 aromatic carbocycles. The molecule has 0 radical (unpaired) electrons. The van der Waals surface area contributed by atoms with Gasteiger partial charge < -0.3 is 10.6 Å². The van der Waals surface area contributed by atoms with Crippen LogP contribution in [0.5, 0.6) is 0 Å². The van der Waals surface area contributed by atoms with E-state index in [0.717, 1.165) is 19.5 Å². The number of carbonyl (C=O) groups is 1. The van der Waals surface area contributed by atoms with Crippen LogP contribution >= 0.6 is 0 Å². The molecule has 0 saturated heterocycles. The summed E-state index contributed by atoms with van der Waals surface area (Å²) in [7, 11) is 0. The quantitative estimate of drug-likeness (QED) is 0.795. The van der Waals surface area contributed by atoms with Gasteiger partial charge in [0.1, 0.15) is 0 Å². The van der Waals surface area contributed by atoms with Gasteiger partial charge in [0.05, 0.1) is 6.42 Å². The van der Waals surface area contributed by atoms with Crippen molar-refractivity contribution in [1.29, 1.82) is 0 Å². The third kappa shape index (κ3) is 2.42. The van der Waals surface area contributed by atoms with Crippen molar-refractivity contribution < 1.29 is 4.79 Å². The lowest BCUT2D eigenvalue weighted by Crippen LogP contribution is -2.28. The minimum Gasteiger partial charge on any atom is -0.356 e. The Morgan fingerprint density at radius 3 is 3.19 bits per heavy atom. The van der Waals surface area contributed by atoms with Crippen LogP contribution in [0, 0.1) is 0 Å². The predicted octanol–water partition coefficient (Wildman–Crippen LogP) is 1.01. The second kappa shape index (κ2) is 5.12. The van der Waals surface area contributed by atoms with E-state index in [4.69, 9.17) is 0 Å². The first kappa shape index (κ1) is 11.1. The van der Waals surface area contributed by atoms with Gasteiger partial charge in [-0.25, -0.2) is 0 Å². The molecule has 1 aliphatic rings. The molecule has 86 valence electrons. The third-order valence-corrected chi connectivity index (χ3v) is 2.96. The maximum Gasteiger partial charge on any atom is 0.224 e. The number of hydrogen-bond acceptors (Lipinski definition) is 2. The van der Waals surface area contributed by atoms with Crippen molar-refractivity contribution in [2.75, 3.05) is 13.1 Å². The molecule has 0 aromatic heterocycles. The van der Waals surface area contributed by atoms with Crippen LogP contribution in [0.2, 0.25) is 0 Å². The summed E-state index contributed by atoms with van der Waals surface area (Å²) < 4.78 is 0. The Labute approximate surface area is 96.2 Å². The standard InChI is InChI=1S/C13H18N2O/c1-2-15-13(16)8-10-4-3-5-11-9-14-7-6-12(10)11/h3-5,14H,2,6-9H2,1H3,(H,15,16). The maximum atomic E-state index is 11.6. The highest BCUT2D eigenvalue weighted by Gasteiger charge is 2.13. The zero-order valence-corrected chi connectivity index (χ0v) is 9.68. The molecule has 3 heteroatoms. The van der Waals surface area contributed by atoms with Crippen LogP contribution in [0.15, 0.2) is 18.2 Å². The highest BCUT2D eigenvalue weighted by Crippen LogP contribution is 2.18. The first-order valence-electron chi connectivity index (χ1n) is 5.88. The monoisotopic (exact) mass is 218 g/mol. The number of hydrogen-bond donors (Lipinski definition) is 2. The topological polar surface area (TPSA) is 41.1 Å². The minimum absolute atomic E-state index is 0.120. The third-order valence-electron chi connectivity index (χ3n) is 2.96. The van der Waals surface area contributed by atoms with Crippen molar-refractivity contribution in [3.8, 4) is 0 Å². The average molecular weight is 218 g/mol. The molecule has 2 rings (SSSR count). The summed E-state index contributed by atoms with van der Waals surface area (Å²) >= 11 is 0. The predicted molar refractivity (Wildman–Crippen MR) is 64.2 cm³/mol. The number of carbonyl (C=O) groups excluding carboxylic acids is 1. The zero-order chi connectivity index (χ0) is 11.4. The van der Waals surface area contributed by atoms with E-state index in [9.17, 15) is 4.79 Å². The fraction of sp³-hybridized carbons (Fsp3) is 0.462. The summed E-state index contributed by atoms with van der Waals surface area (Å²) in [6.07, 6.45) is 1.54. The van der Waals surface area contributed by atoms with Crippen molar-refractivity contribution in [1.82, 2.24) is 10.6 Å². The molecule has 0 spiro atoms. The zero-order valence-electron chi connectivity index (χ0n) is 9.68. The molecule has 2 N–H and O–H groups in total. The van der Waals surface area contributed by atoms with Crippen molar-refractivity contribution in [2.45, 2.75) is 26.3 Å². The molecule has 0 saturated carbocycles. The Morgan fingerprint density at radius 1 is 1.50 bits per heavy atom. The fourth-order valence-corrected chi connectivity index (χ4v) is 2.21. The van der Waals surface area contributed by atoms with Gasteiger partial charge in [0.15, 0.2) is 0 Å². The van der Waals surface area contributed by atoms with Gasteiger partial charge in [0.25, 0.3) is 0 Å². The number of nitrogens with one attached hydrogen (secondary N) is 2. The molecular weight excluding hydrogens is 200 g/mol. The smallest absolute Gasteiger partial charge is 0.224 e. The summed E-state index contributed by atoms with van der Waals surface area (Å²) in [6, 6.07) is 6.25. The lowest BCUT2D eigenvalue weighted by Gasteiger charge is -2.20. The van der Waals surface area contributed by atoms with Gasteiger partial charge >= 0.3 is 0 Å². The van der Waals surface area contributed by atoms with Crippen LogP contribution in [0.1, 0.15) is 23.6 Å². The Morgan fingerprint density at radius 2 is 2.38 bits per heavy atom. The molecule has 1 aliphatic heterocycles.